The third-order valence-corrected chi connectivity index (χ3v) is 3.22. The summed E-state index contributed by atoms with van der Waals surface area (Å²) in [5, 5.41) is 0. The molecule has 0 atom stereocenters. The van der Waals surface area contributed by atoms with Gasteiger partial charge in [0.25, 0.3) is 0 Å². The van der Waals surface area contributed by atoms with Crippen LogP contribution in [0.4, 0.5) is 0 Å². The molecule has 2 N–H and O–H groups in total. The summed E-state index contributed by atoms with van der Waals surface area (Å²) in [5.41, 5.74) is 5.52. The molecule has 1 saturated heterocycles. The Hall–Kier alpha value is -0.120. The summed E-state index contributed by atoms with van der Waals surface area (Å²) in [6, 6.07) is 0. The molecule has 0 aliphatic carbocycles. The number of unbranched alkanes of at least 4 members (excludes halogenated alkanes) is 2. The van der Waals surface area contributed by atoms with E-state index >= 15 is 0 Å². The molecule has 104 valence electrons. The van der Waals surface area contributed by atoms with Gasteiger partial charge in [0, 0.05) is 26.2 Å². The molecular weight excluding hydrogens is 210 g/mol. The van der Waals surface area contributed by atoms with Crippen LogP contribution < -0.4 is 5.73 Å². The van der Waals surface area contributed by atoms with E-state index in [2.05, 4.69) is 16.7 Å². The molecule has 3 heteroatoms. The summed E-state index contributed by atoms with van der Waals surface area (Å²) in [4.78, 5) is 5.15. The van der Waals surface area contributed by atoms with Gasteiger partial charge >= 0.3 is 0 Å². The highest BCUT2D eigenvalue weighted by Gasteiger charge is 2.15. The standard InChI is InChI=1S/C12H27N3.C2H6/c1-2-3-4-7-14-9-11-15(12-10-14)8-5-6-13;1-2/h2-13H2,1H3;1-2H3. The summed E-state index contributed by atoms with van der Waals surface area (Å²) < 4.78 is 0. The first-order chi connectivity index (χ1) is 8.36. The molecular formula is C14H33N3. The zero-order chi connectivity index (χ0) is 12.9. The van der Waals surface area contributed by atoms with Crippen molar-refractivity contribution < 1.29 is 0 Å². The van der Waals surface area contributed by atoms with Crippen molar-refractivity contribution in [2.24, 2.45) is 5.73 Å². The number of hydrogen-bond acceptors (Lipinski definition) is 3. The molecule has 0 spiro atoms. The average molecular weight is 243 g/mol. The van der Waals surface area contributed by atoms with Crippen LogP contribution in [0, 0.1) is 0 Å². The van der Waals surface area contributed by atoms with E-state index in [4.69, 9.17) is 5.73 Å². The maximum Gasteiger partial charge on any atom is 0.0110 e. The van der Waals surface area contributed by atoms with Gasteiger partial charge in [-0.1, -0.05) is 33.6 Å². The van der Waals surface area contributed by atoms with Gasteiger partial charge in [0.2, 0.25) is 0 Å². The molecule has 0 aromatic carbocycles. The minimum atomic E-state index is 0.830. The Morgan fingerprint density at radius 1 is 0.824 bits per heavy atom. The van der Waals surface area contributed by atoms with Crippen molar-refractivity contribution >= 4 is 0 Å². The van der Waals surface area contributed by atoms with E-state index in [-0.39, 0.29) is 0 Å². The predicted molar refractivity (Wildman–Crippen MR) is 77.4 cm³/mol. The third kappa shape index (κ3) is 8.58. The highest BCUT2D eigenvalue weighted by Crippen LogP contribution is 2.04. The van der Waals surface area contributed by atoms with Gasteiger partial charge in [0.15, 0.2) is 0 Å². The molecule has 1 aliphatic rings. The lowest BCUT2D eigenvalue weighted by atomic mass is 10.2. The van der Waals surface area contributed by atoms with E-state index in [9.17, 15) is 0 Å². The molecule has 0 unspecified atom stereocenters. The van der Waals surface area contributed by atoms with Crippen molar-refractivity contribution in [1.29, 1.82) is 0 Å². The van der Waals surface area contributed by atoms with E-state index in [0.29, 0.717) is 0 Å². The van der Waals surface area contributed by atoms with Crippen LogP contribution in [0.2, 0.25) is 0 Å². The summed E-state index contributed by atoms with van der Waals surface area (Å²) in [7, 11) is 0. The summed E-state index contributed by atoms with van der Waals surface area (Å²) in [5.74, 6) is 0. The van der Waals surface area contributed by atoms with E-state index < -0.39 is 0 Å². The summed E-state index contributed by atoms with van der Waals surface area (Å²) in [6.07, 6.45) is 5.24. The number of piperazine rings is 1. The fourth-order valence-corrected chi connectivity index (χ4v) is 2.14. The minimum absolute atomic E-state index is 0.830. The van der Waals surface area contributed by atoms with Gasteiger partial charge in [0.1, 0.15) is 0 Å². The van der Waals surface area contributed by atoms with Crippen LogP contribution >= 0.6 is 0 Å². The lowest BCUT2D eigenvalue weighted by molar-refractivity contribution is 0.130. The van der Waals surface area contributed by atoms with Crippen LogP contribution in [0.1, 0.15) is 46.5 Å². The van der Waals surface area contributed by atoms with Crippen molar-refractivity contribution in [2.45, 2.75) is 46.5 Å². The second-order valence-corrected chi connectivity index (χ2v) is 4.53. The molecule has 1 fully saturated rings. The predicted octanol–water partition coefficient (Wildman–Crippen LogP) is 2.17. The Morgan fingerprint density at radius 2 is 1.29 bits per heavy atom. The Balaban J connectivity index is 0.00000121. The molecule has 0 amide bonds. The lowest BCUT2D eigenvalue weighted by Gasteiger charge is -2.34. The maximum absolute atomic E-state index is 5.52. The fraction of sp³-hybridized carbons (Fsp3) is 1.00. The molecule has 0 saturated carbocycles. The number of nitrogens with two attached hydrogens (primary N) is 1. The maximum atomic E-state index is 5.52. The van der Waals surface area contributed by atoms with Gasteiger partial charge in [-0.15, -0.1) is 0 Å². The average Bonchev–Trinajstić information content (AvgIpc) is 2.40. The molecule has 3 nitrogen and oxygen atoms in total. The Kier molecular flexibility index (Phi) is 12.3. The topological polar surface area (TPSA) is 32.5 Å². The summed E-state index contributed by atoms with van der Waals surface area (Å²) >= 11 is 0. The molecule has 0 aromatic heterocycles. The van der Waals surface area contributed by atoms with Crippen molar-refractivity contribution in [3.8, 4) is 0 Å². The number of rotatable bonds is 7. The smallest absolute Gasteiger partial charge is 0.0110 e. The van der Waals surface area contributed by atoms with E-state index in [1.54, 1.807) is 0 Å². The molecule has 1 heterocycles. The second kappa shape index (κ2) is 12.3. The summed E-state index contributed by atoms with van der Waals surface area (Å²) in [6.45, 7) is 14.6. The first-order valence-corrected chi connectivity index (χ1v) is 7.51. The number of hydrogen-bond donors (Lipinski definition) is 1. The van der Waals surface area contributed by atoms with Gasteiger partial charge in [-0.25, -0.2) is 0 Å². The largest absolute Gasteiger partial charge is 0.330 e. The first kappa shape index (κ1) is 16.9. The second-order valence-electron chi connectivity index (χ2n) is 4.53. The molecule has 1 rings (SSSR count). The van der Waals surface area contributed by atoms with E-state index in [1.807, 2.05) is 13.8 Å². The molecule has 0 bridgehead atoms. The monoisotopic (exact) mass is 243 g/mol. The fourth-order valence-electron chi connectivity index (χ4n) is 2.14. The van der Waals surface area contributed by atoms with Crippen LogP contribution in [-0.2, 0) is 0 Å². The van der Waals surface area contributed by atoms with Crippen LogP contribution in [0.25, 0.3) is 0 Å². The normalized spacial score (nSPS) is 17.6. The third-order valence-electron chi connectivity index (χ3n) is 3.22. The SMILES string of the molecule is CC.CCCCCN1CCN(CCCN)CC1. The highest BCUT2D eigenvalue weighted by molar-refractivity contribution is 4.71. The van der Waals surface area contributed by atoms with Gasteiger partial charge in [0.05, 0.1) is 0 Å². The lowest BCUT2D eigenvalue weighted by Crippen LogP contribution is -2.46. The van der Waals surface area contributed by atoms with Gasteiger partial charge in [-0.05, 0) is 32.5 Å². The molecule has 0 radical (unpaired) electrons. The molecule has 1 aliphatic heterocycles. The van der Waals surface area contributed by atoms with Gasteiger partial charge < -0.3 is 15.5 Å². The van der Waals surface area contributed by atoms with E-state index in [0.717, 1.165) is 13.0 Å². The van der Waals surface area contributed by atoms with Crippen LogP contribution in [0.3, 0.4) is 0 Å². The Morgan fingerprint density at radius 3 is 1.71 bits per heavy atom. The zero-order valence-electron chi connectivity index (χ0n) is 12.2. The van der Waals surface area contributed by atoms with Crippen molar-refractivity contribution in [2.75, 3.05) is 45.8 Å². The van der Waals surface area contributed by atoms with E-state index in [1.165, 1.54) is 58.5 Å². The highest BCUT2D eigenvalue weighted by atomic mass is 15.3. The van der Waals surface area contributed by atoms with Gasteiger partial charge in [-0.3, -0.25) is 0 Å². The van der Waals surface area contributed by atoms with Crippen LogP contribution in [0.15, 0.2) is 0 Å². The Labute approximate surface area is 108 Å². The Bertz CT molecular complexity index is 142. The molecule has 0 aromatic rings. The van der Waals surface area contributed by atoms with Crippen molar-refractivity contribution in [3.05, 3.63) is 0 Å². The minimum Gasteiger partial charge on any atom is -0.330 e. The number of nitrogens with zero attached hydrogens (tertiary/aromatic N) is 2. The van der Waals surface area contributed by atoms with Crippen molar-refractivity contribution in [3.63, 3.8) is 0 Å². The zero-order valence-corrected chi connectivity index (χ0v) is 12.2. The quantitative estimate of drug-likeness (QED) is 0.696. The van der Waals surface area contributed by atoms with Crippen molar-refractivity contribution in [1.82, 2.24) is 9.80 Å². The molecule has 17 heavy (non-hydrogen) atoms. The first-order valence-electron chi connectivity index (χ1n) is 7.51. The van der Waals surface area contributed by atoms with Gasteiger partial charge in [-0.2, -0.15) is 0 Å². The van der Waals surface area contributed by atoms with Crippen LogP contribution in [-0.4, -0.2) is 55.6 Å². The van der Waals surface area contributed by atoms with Crippen LogP contribution in [0.5, 0.6) is 0 Å².